The number of aromatic nitrogens is 2. The minimum absolute atomic E-state index is 0.536. The molecule has 1 heterocycles. The molecular weight excluding hydrogens is 242 g/mol. The van der Waals surface area contributed by atoms with Gasteiger partial charge in [-0.3, -0.25) is 4.68 Å². The lowest BCUT2D eigenvalue weighted by molar-refractivity contribution is 0.333. The summed E-state index contributed by atoms with van der Waals surface area (Å²) in [6, 6.07) is 0. The molecule has 80 valence electrons. The molecule has 0 amide bonds. The summed E-state index contributed by atoms with van der Waals surface area (Å²) in [7, 11) is 2.13. The number of aryl methyl sites for hydroxylation is 1. The molecule has 0 aliphatic rings. The van der Waals surface area contributed by atoms with Crippen molar-refractivity contribution in [2.24, 2.45) is 0 Å². The fourth-order valence-electron chi connectivity index (χ4n) is 1.47. The van der Waals surface area contributed by atoms with Gasteiger partial charge in [0.2, 0.25) is 0 Å². The highest BCUT2D eigenvalue weighted by atomic mass is 79.9. The molecule has 0 fully saturated rings. The second kappa shape index (κ2) is 5.51. The molecule has 0 aromatic carbocycles. The SMILES string of the molecule is CCn1cc(CN(C)CC(C)Br)cn1. The van der Waals surface area contributed by atoms with Crippen LogP contribution in [0.4, 0.5) is 0 Å². The van der Waals surface area contributed by atoms with Crippen molar-refractivity contribution in [2.45, 2.75) is 31.8 Å². The maximum absolute atomic E-state index is 4.25. The van der Waals surface area contributed by atoms with Crippen molar-refractivity contribution in [3.63, 3.8) is 0 Å². The van der Waals surface area contributed by atoms with E-state index in [9.17, 15) is 0 Å². The molecule has 3 nitrogen and oxygen atoms in total. The highest BCUT2D eigenvalue weighted by molar-refractivity contribution is 9.09. The summed E-state index contributed by atoms with van der Waals surface area (Å²) in [5.41, 5.74) is 1.28. The van der Waals surface area contributed by atoms with Gasteiger partial charge in [-0.05, 0) is 14.0 Å². The van der Waals surface area contributed by atoms with Crippen LogP contribution in [0.1, 0.15) is 19.4 Å². The van der Waals surface area contributed by atoms with Gasteiger partial charge < -0.3 is 4.90 Å². The Bertz CT molecular complexity index is 270. The Kier molecular flexibility index (Phi) is 4.62. The summed E-state index contributed by atoms with van der Waals surface area (Å²) in [4.78, 5) is 2.82. The lowest BCUT2D eigenvalue weighted by Gasteiger charge is -2.16. The molecule has 1 rings (SSSR count). The van der Waals surface area contributed by atoms with Crippen molar-refractivity contribution < 1.29 is 0 Å². The van der Waals surface area contributed by atoms with Gasteiger partial charge in [0.05, 0.1) is 6.20 Å². The second-order valence-corrected chi connectivity index (χ2v) is 5.24. The van der Waals surface area contributed by atoms with Gasteiger partial charge >= 0.3 is 0 Å². The normalized spacial score (nSPS) is 13.5. The highest BCUT2D eigenvalue weighted by Crippen LogP contribution is 2.05. The first kappa shape index (κ1) is 11.7. The molecule has 0 spiro atoms. The van der Waals surface area contributed by atoms with Crippen molar-refractivity contribution in [1.29, 1.82) is 0 Å². The topological polar surface area (TPSA) is 21.1 Å². The molecule has 0 saturated heterocycles. The van der Waals surface area contributed by atoms with Crippen molar-refractivity contribution in [2.75, 3.05) is 13.6 Å². The van der Waals surface area contributed by atoms with E-state index in [4.69, 9.17) is 0 Å². The fourth-order valence-corrected chi connectivity index (χ4v) is 1.96. The molecule has 14 heavy (non-hydrogen) atoms. The smallest absolute Gasteiger partial charge is 0.0534 e. The summed E-state index contributed by atoms with van der Waals surface area (Å²) in [6.07, 6.45) is 4.05. The van der Waals surface area contributed by atoms with Gasteiger partial charge in [-0.25, -0.2) is 0 Å². The summed E-state index contributed by atoms with van der Waals surface area (Å²) >= 11 is 3.54. The number of hydrogen-bond donors (Lipinski definition) is 0. The highest BCUT2D eigenvalue weighted by Gasteiger charge is 2.05. The van der Waals surface area contributed by atoms with E-state index in [1.165, 1.54) is 5.56 Å². The van der Waals surface area contributed by atoms with E-state index >= 15 is 0 Å². The van der Waals surface area contributed by atoms with Gasteiger partial charge in [0.1, 0.15) is 0 Å². The maximum Gasteiger partial charge on any atom is 0.0534 e. The monoisotopic (exact) mass is 259 g/mol. The molecule has 1 atom stereocenters. The average Bonchev–Trinajstić information content (AvgIpc) is 2.50. The van der Waals surface area contributed by atoms with Gasteiger partial charge in [0.15, 0.2) is 0 Å². The summed E-state index contributed by atoms with van der Waals surface area (Å²) in [5, 5.41) is 4.25. The first-order valence-corrected chi connectivity index (χ1v) is 5.87. The molecule has 0 aliphatic carbocycles. The third kappa shape index (κ3) is 3.80. The molecule has 4 heteroatoms. The Hall–Kier alpha value is -0.350. The van der Waals surface area contributed by atoms with Crippen molar-refractivity contribution in [1.82, 2.24) is 14.7 Å². The molecule has 1 unspecified atom stereocenters. The van der Waals surface area contributed by atoms with Crippen LogP contribution in [0, 0.1) is 0 Å². The molecule has 1 aromatic rings. The van der Waals surface area contributed by atoms with Crippen LogP contribution in [-0.4, -0.2) is 33.1 Å². The Morgan fingerprint density at radius 2 is 2.36 bits per heavy atom. The molecule has 0 N–H and O–H groups in total. The lowest BCUT2D eigenvalue weighted by atomic mass is 10.3. The van der Waals surface area contributed by atoms with E-state index in [-0.39, 0.29) is 0 Å². The summed E-state index contributed by atoms with van der Waals surface area (Å²) in [6.45, 7) is 7.22. The van der Waals surface area contributed by atoms with Crippen LogP contribution in [0.15, 0.2) is 12.4 Å². The van der Waals surface area contributed by atoms with Gasteiger partial charge in [0, 0.05) is 36.2 Å². The first-order chi connectivity index (χ1) is 6.61. The van der Waals surface area contributed by atoms with E-state index in [1.54, 1.807) is 0 Å². The second-order valence-electron chi connectivity index (χ2n) is 3.68. The molecule has 0 radical (unpaired) electrons. The average molecular weight is 260 g/mol. The predicted molar refractivity (Wildman–Crippen MR) is 62.6 cm³/mol. The van der Waals surface area contributed by atoms with Crippen LogP contribution in [0.2, 0.25) is 0 Å². The lowest BCUT2D eigenvalue weighted by Crippen LogP contribution is -2.23. The number of rotatable bonds is 5. The largest absolute Gasteiger partial charge is 0.301 e. The molecule has 0 aliphatic heterocycles. The van der Waals surface area contributed by atoms with Crippen LogP contribution in [0.25, 0.3) is 0 Å². The van der Waals surface area contributed by atoms with Gasteiger partial charge in [-0.15, -0.1) is 0 Å². The van der Waals surface area contributed by atoms with Crippen LogP contribution >= 0.6 is 15.9 Å². The molecule has 1 aromatic heterocycles. The number of alkyl halides is 1. The molecular formula is C10H18BrN3. The van der Waals surface area contributed by atoms with Crippen molar-refractivity contribution in [3.8, 4) is 0 Å². The van der Waals surface area contributed by atoms with E-state index in [2.05, 4.69) is 53.0 Å². The summed E-state index contributed by atoms with van der Waals surface area (Å²) in [5.74, 6) is 0. The zero-order valence-corrected chi connectivity index (χ0v) is 10.7. The van der Waals surface area contributed by atoms with Gasteiger partial charge in [-0.1, -0.05) is 22.9 Å². The molecule has 0 bridgehead atoms. The zero-order chi connectivity index (χ0) is 10.6. The zero-order valence-electron chi connectivity index (χ0n) is 9.07. The Balaban J connectivity index is 2.43. The number of nitrogens with zero attached hydrogens (tertiary/aromatic N) is 3. The van der Waals surface area contributed by atoms with Crippen LogP contribution in [0.5, 0.6) is 0 Å². The number of halogens is 1. The van der Waals surface area contributed by atoms with E-state index in [0.29, 0.717) is 4.83 Å². The summed E-state index contributed by atoms with van der Waals surface area (Å²) < 4.78 is 1.96. The first-order valence-electron chi connectivity index (χ1n) is 4.95. The third-order valence-electron chi connectivity index (χ3n) is 2.03. The Morgan fingerprint density at radius 3 is 2.86 bits per heavy atom. The van der Waals surface area contributed by atoms with Crippen LogP contribution in [-0.2, 0) is 13.1 Å². The number of hydrogen-bond acceptors (Lipinski definition) is 2. The Labute approximate surface area is 94.2 Å². The van der Waals surface area contributed by atoms with Crippen LogP contribution in [0.3, 0.4) is 0 Å². The van der Waals surface area contributed by atoms with E-state index < -0.39 is 0 Å². The van der Waals surface area contributed by atoms with E-state index in [1.807, 2.05) is 10.9 Å². The minimum atomic E-state index is 0.536. The van der Waals surface area contributed by atoms with E-state index in [0.717, 1.165) is 19.6 Å². The van der Waals surface area contributed by atoms with Gasteiger partial charge in [-0.2, -0.15) is 5.10 Å². The Morgan fingerprint density at radius 1 is 1.64 bits per heavy atom. The van der Waals surface area contributed by atoms with Crippen molar-refractivity contribution >= 4 is 15.9 Å². The third-order valence-corrected chi connectivity index (χ3v) is 2.32. The fraction of sp³-hybridized carbons (Fsp3) is 0.700. The van der Waals surface area contributed by atoms with Gasteiger partial charge in [0.25, 0.3) is 0 Å². The maximum atomic E-state index is 4.25. The van der Waals surface area contributed by atoms with Crippen molar-refractivity contribution in [3.05, 3.63) is 18.0 Å². The minimum Gasteiger partial charge on any atom is -0.301 e. The molecule has 0 saturated carbocycles. The predicted octanol–water partition coefficient (Wildman–Crippen LogP) is 2.12. The quantitative estimate of drug-likeness (QED) is 0.756. The standard InChI is InChI=1S/C10H18BrN3/c1-4-14-8-10(5-12-14)7-13(3)6-9(2)11/h5,8-9H,4,6-7H2,1-3H3. The van der Waals surface area contributed by atoms with Crippen LogP contribution < -0.4 is 0 Å².